The Hall–Kier alpha value is -3.33. The van der Waals surface area contributed by atoms with Gasteiger partial charge in [0.25, 0.3) is 5.91 Å². The summed E-state index contributed by atoms with van der Waals surface area (Å²) in [5.74, 6) is 0.168. The summed E-state index contributed by atoms with van der Waals surface area (Å²) in [7, 11) is 0. The molecule has 2 rings (SSSR count). The lowest BCUT2D eigenvalue weighted by Crippen LogP contribution is -2.34. The Balaban J connectivity index is 1.90. The van der Waals surface area contributed by atoms with Crippen LogP contribution in [0.1, 0.15) is 41.8 Å². The van der Waals surface area contributed by atoms with Crippen LogP contribution < -0.4 is 15.4 Å². The third kappa shape index (κ3) is 6.48. The first kappa shape index (κ1) is 20.0. The molecule has 2 amide bonds. The molecule has 0 aliphatic carbocycles. The molecule has 2 N–H and O–H groups in total. The molecule has 0 aliphatic rings. The summed E-state index contributed by atoms with van der Waals surface area (Å²) in [4.78, 5) is 23.8. The van der Waals surface area contributed by atoms with E-state index in [2.05, 4.69) is 16.7 Å². The Morgan fingerprint density at radius 2 is 1.93 bits per heavy atom. The molecule has 0 atom stereocenters. The fourth-order valence-corrected chi connectivity index (χ4v) is 2.43. The highest BCUT2D eigenvalue weighted by Crippen LogP contribution is 2.16. The van der Waals surface area contributed by atoms with E-state index < -0.39 is 0 Å². The van der Waals surface area contributed by atoms with E-state index in [-0.39, 0.29) is 37.4 Å². The van der Waals surface area contributed by atoms with Crippen LogP contribution in [0.25, 0.3) is 0 Å². The maximum absolute atomic E-state index is 12.2. The van der Waals surface area contributed by atoms with E-state index in [1.54, 1.807) is 36.4 Å². The first-order valence-corrected chi connectivity index (χ1v) is 8.78. The molecule has 0 spiro atoms. The average molecular weight is 365 g/mol. The fourth-order valence-electron chi connectivity index (χ4n) is 2.43. The molecule has 0 unspecified atom stereocenters. The molecule has 0 saturated carbocycles. The highest BCUT2D eigenvalue weighted by Gasteiger charge is 2.09. The van der Waals surface area contributed by atoms with Crippen LogP contribution in [0.3, 0.4) is 0 Å². The van der Waals surface area contributed by atoms with Gasteiger partial charge in [-0.15, -0.1) is 0 Å². The molecule has 2 aromatic rings. The van der Waals surface area contributed by atoms with Gasteiger partial charge in [0.15, 0.2) is 0 Å². The van der Waals surface area contributed by atoms with Gasteiger partial charge < -0.3 is 15.4 Å². The highest BCUT2D eigenvalue weighted by atomic mass is 16.5. The number of nitrogens with zero attached hydrogens (tertiary/aromatic N) is 1. The highest BCUT2D eigenvalue weighted by molar-refractivity contribution is 5.94. The zero-order valence-corrected chi connectivity index (χ0v) is 15.5. The number of amides is 2. The van der Waals surface area contributed by atoms with Crippen molar-refractivity contribution in [2.45, 2.75) is 32.9 Å². The summed E-state index contributed by atoms with van der Waals surface area (Å²) >= 11 is 0. The van der Waals surface area contributed by atoms with E-state index in [9.17, 15) is 9.59 Å². The molecule has 140 valence electrons. The van der Waals surface area contributed by atoms with Crippen LogP contribution in [0.15, 0.2) is 48.5 Å². The fraction of sp³-hybridized carbons (Fsp3) is 0.286. The van der Waals surface area contributed by atoms with Gasteiger partial charge in [0.1, 0.15) is 12.4 Å². The number of ether oxygens (including phenoxy) is 1. The first-order chi connectivity index (χ1) is 13.0. The van der Waals surface area contributed by atoms with Gasteiger partial charge in [0.2, 0.25) is 5.91 Å². The number of carbonyl (C=O) groups is 2. The van der Waals surface area contributed by atoms with E-state index >= 15 is 0 Å². The number of nitriles is 1. The summed E-state index contributed by atoms with van der Waals surface area (Å²) in [5.41, 5.74) is 1.79. The van der Waals surface area contributed by atoms with Crippen LogP contribution >= 0.6 is 0 Å². The summed E-state index contributed by atoms with van der Waals surface area (Å²) in [6.07, 6.45) is 0.227. The molecule has 27 heavy (non-hydrogen) atoms. The molecule has 0 heterocycles. The molecule has 0 bridgehead atoms. The zero-order chi connectivity index (χ0) is 19.6. The van der Waals surface area contributed by atoms with Gasteiger partial charge in [0, 0.05) is 30.1 Å². The first-order valence-electron chi connectivity index (χ1n) is 8.78. The topological polar surface area (TPSA) is 91.2 Å². The van der Waals surface area contributed by atoms with Gasteiger partial charge in [-0.05, 0) is 38.1 Å². The lowest BCUT2D eigenvalue weighted by atomic mass is 10.1. The van der Waals surface area contributed by atoms with Crippen LogP contribution in [0.5, 0.6) is 5.75 Å². The van der Waals surface area contributed by atoms with Crippen molar-refractivity contribution in [1.82, 2.24) is 10.6 Å². The quantitative estimate of drug-likeness (QED) is 0.752. The molecule has 6 nitrogen and oxygen atoms in total. The van der Waals surface area contributed by atoms with Gasteiger partial charge in [0.05, 0.1) is 11.6 Å². The van der Waals surface area contributed by atoms with E-state index in [0.29, 0.717) is 16.9 Å². The predicted octanol–water partition coefficient (Wildman–Crippen LogP) is 2.78. The minimum absolute atomic E-state index is 0.0770. The Morgan fingerprint density at radius 3 is 2.67 bits per heavy atom. The normalized spacial score (nSPS) is 10.1. The average Bonchev–Trinajstić information content (AvgIpc) is 2.66. The third-order valence-electron chi connectivity index (χ3n) is 3.72. The molecule has 0 aliphatic heterocycles. The van der Waals surface area contributed by atoms with Crippen molar-refractivity contribution in [3.8, 4) is 11.8 Å². The Kier molecular flexibility index (Phi) is 7.38. The smallest absolute Gasteiger partial charge is 0.251 e. The molecule has 6 heteroatoms. The van der Waals surface area contributed by atoms with Crippen molar-refractivity contribution in [2.75, 3.05) is 6.54 Å². The van der Waals surface area contributed by atoms with Gasteiger partial charge >= 0.3 is 0 Å². The van der Waals surface area contributed by atoms with Crippen molar-refractivity contribution in [3.05, 3.63) is 65.2 Å². The second kappa shape index (κ2) is 9.97. The summed E-state index contributed by atoms with van der Waals surface area (Å²) in [5, 5.41) is 14.6. The molecular formula is C21H23N3O3. The zero-order valence-electron chi connectivity index (χ0n) is 15.5. The van der Waals surface area contributed by atoms with Gasteiger partial charge in [-0.1, -0.05) is 24.3 Å². The van der Waals surface area contributed by atoms with E-state index in [1.807, 2.05) is 26.0 Å². The van der Waals surface area contributed by atoms with Crippen molar-refractivity contribution in [3.63, 3.8) is 0 Å². The molecule has 0 saturated heterocycles. The van der Waals surface area contributed by atoms with Crippen LogP contribution in [0.2, 0.25) is 0 Å². The van der Waals surface area contributed by atoms with Crippen LogP contribution in [0.4, 0.5) is 0 Å². The minimum Gasteiger partial charge on any atom is -0.489 e. The summed E-state index contributed by atoms with van der Waals surface area (Å²) in [6.45, 7) is 4.27. The van der Waals surface area contributed by atoms with Crippen LogP contribution in [-0.4, -0.2) is 24.4 Å². The van der Waals surface area contributed by atoms with Crippen molar-refractivity contribution < 1.29 is 14.3 Å². The number of benzene rings is 2. The molecular weight excluding hydrogens is 342 g/mol. The monoisotopic (exact) mass is 365 g/mol. The Labute approximate surface area is 159 Å². The molecule has 0 radical (unpaired) electrons. The standard InChI is InChI=1S/C21H23N3O3/c1-15(2)24-20(25)10-11-23-21(26)16-8-5-9-19(12-16)27-14-18-7-4-3-6-17(18)13-22/h3-9,12,15H,10-11,14H2,1-2H3,(H,23,26)(H,24,25). The molecule has 0 fully saturated rings. The SMILES string of the molecule is CC(C)NC(=O)CCNC(=O)c1cccc(OCc2ccccc2C#N)c1. The maximum atomic E-state index is 12.2. The number of hydrogen-bond acceptors (Lipinski definition) is 4. The van der Waals surface area contributed by atoms with Crippen molar-refractivity contribution in [2.24, 2.45) is 0 Å². The van der Waals surface area contributed by atoms with E-state index in [0.717, 1.165) is 5.56 Å². The lowest BCUT2D eigenvalue weighted by molar-refractivity contribution is -0.121. The maximum Gasteiger partial charge on any atom is 0.251 e. The van der Waals surface area contributed by atoms with Gasteiger partial charge in [-0.3, -0.25) is 9.59 Å². The second-order valence-corrected chi connectivity index (χ2v) is 6.31. The third-order valence-corrected chi connectivity index (χ3v) is 3.72. The van der Waals surface area contributed by atoms with Gasteiger partial charge in [-0.2, -0.15) is 5.26 Å². The summed E-state index contributed by atoms with van der Waals surface area (Å²) in [6, 6.07) is 16.2. The number of carbonyl (C=O) groups excluding carboxylic acids is 2. The van der Waals surface area contributed by atoms with Crippen molar-refractivity contribution in [1.29, 1.82) is 5.26 Å². The summed E-state index contributed by atoms with van der Waals surface area (Å²) < 4.78 is 5.72. The number of rotatable bonds is 8. The number of nitrogens with one attached hydrogen (secondary N) is 2. The van der Waals surface area contributed by atoms with Crippen LogP contribution in [0, 0.1) is 11.3 Å². The largest absolute Gasteiger partial charge is 0.489 e. The Bertz CT molecular complexity index is 841. The van der Waals surface area contributed by atoms with Crippen LogP contribution in [-0.2, 0) is 11.4 Å². The second-order valence-electron chi connectivity index (χ2n) is 6.31. The molecule has 2 aromatic carbocycles. The Morgan fingerprint density at radius 1 is 1.15 bits per heavy atom. The lowest BCUT2D eigenvalue weighted by Gasteiger charge is -2.10. The molecule has 0 aromatic heterocycles. The van der Waals surface area contributed by atoms with E-state index in [1.165, 1.54) is 0 Å². The van der Waals surface area contributed by atoms with Gasteiger partial charge in [-0.25, -0.2) is 0 Å². The van der Waals surface area contributed by atoms with Crippen molar-refractivity contribution >= 4 is 11.8 Å². The number of hydrogen-bond donors (Lipinski definition) is 2. The minimum atomic E-state index is -0.268. The predicted molar refractivity (Wildman–Crippen MR) is 102 cm³/mol. The van der Waals surface area contributed by atoms with E-state index in [4.69, 9.17) is 10.00 Å².